The van der Waals surface area contributed by atoms with Crippen molar-refractivity contribution in [2.24, 2.45) is 0 Å². The van der Waals surface area contributed by atoms with Crippen LogP contribution in [0.1, 0.15) is 18.1 Å². The maximum absolute atomic E-state index is 11.9. The van der Waals surface area contributed by atoms with Gasteiger partial charge in [0.25, 0.3) is 0 Å². The van der Waals surface area contributed by atoms with E-state index < -0.39 is 0 Å². The third kappa shape index (κ3) is 3.32. The molecule has 0 saturated heterocycles. The number of nitrogens with zero attached hydrogens (tertiary/aromatic N) is 1. The van der Waals surface area contributed by atoms with Gasteiger partial charge in [-0.2, -0.15) is 4.74 Å². The zero-order chi connectivity index (χ0) is 12.8. The van der Waals surface area contributed by atoms with Gasteiger partial charge in [0.1, 0.15) is 0 Å². The van der Waals surface area contributed by atoms with Crippen molar-refractivity contribution < 1.29 is 4.74 Å². The van der Waals surface area contributed by atoms with Crippen LogP contribution in [0.15, 0.2) is 66.4 Å². The molecule has 0 aliphatic carbocycles. The van der Waals surface area contributed by atoms with Crippen molar-refractivity contribution in [3.8, 4) is 0 Å². The van der Waals surface area contributed by atoms with Crippen molar-refractivity contribution in [2.45, 2.75) is 6.92 Å². The van der Waals surface area contributed by atoms with Crippen LogP contribution in [0.3, 0.4) is 0 Å². The van der Waals surface area contributed by atoms with Gasteiger partial charge in [0, 0.05) is 18.6 Å². The van der Waals surface area contributed by atoms with Gasteiger partial charge in [-0.25, -0.2) is 0 Å². The summed E-state index contributed by atoms with van der Waals surface area (Å²) in [6.07, 6.45) is 3.45. The quantitative estimate of drug-likeness (QED) is 0.346. The summed E-state index contributed by atoms with van der Waals surface area (Å²) in [6.45, 7) is 1.80. The second-order valence-corrected chi connectivity index (χ2v) is 4.06. The van der Waals surface area contributed by atoms with Crippen LogP contribution in [0.25, 0.3) is 6.08 Å². The number of rotatable bonds is 3. The van der Waals surface area contributed by atoms with Crippen LogP contribution in [0, 0.1) is 5.21 Å². The van der Waals surface area contributed by atoms with Gasteiger partial charge in [0.2, 0.25) is 0 Å². The highest BCUT2D eigenvalue weighted by atomic mass is 16.5. The van der Waals surface area contributed by atoms with Gasteiger partial charge in [-0.15, -0.1) is 0 Å². The Morgan fingerprint density at radius 2 is 1.39 bits per heavy atom. The predicted octanol–water partition coefficient (Wildman–Crippen LogP) is 3.68. The smallest absolute Gasteiger partial charge is 0.190 e. The molecular formula is C16H15NO. The maximum atomic E-state index is 11.9. The Bertz CT molecular complexity index is 503. The maximum Gasteiger partial charge on any atom is 0.190 e. The van der Waals surface area contributed by atoms with E-state index in [2.05, 4.69) is 0 Å². The minimum Gasteiger partial charge on any atom is -0.618 e. The molecule has 2 rings (SSSR count). The fourth-order valence-electron chi connectivity index (χ4n) is 1.63. The van der Waals surface area contributed by atoms with Gasteiger partial charge in [-0.1, -0.05) is 48.5 Å². The zero-order valence-electron chi connectivity index (χ0n) is 10.3. The standard InChI is InChI=1S/C16H15NO/c1-14(12-15-8-4-2-5-9-15)17(18)13-16-10-6-3-7-11-16/h2-13H,1H3/b14-12-,17-13-. The first-order chi connectivity index (χ1) is 8.75. The number of hydrogen-bond acceptors (Lipinski definition) is 1. The lowest BCUT2D eigenvalue weighted by Crippen LogP contribution is -2.02. The van der Waals surface area contributed by atoms with E-state index in [0.717, 1.165) is 15.9 Å². The van der Waals surface area contributed by atoms with E-state index in [9.17, 15) is 5.21 Å². The Labute approximate surface area is 107 Å². The van der Waals surface area contributed by atoms with E-state index in [1.165, 1.54) is 0 Å². The molecule has 0 atom stereocenters. The molecule has 90 valence electrons. The van der Waals surface area contributed by atoms with Crippen LogP contribution in [0.2, 0.25) is 0 Å². The number of hydroxylamine groups is 1. The molecule has 0 aromatic heterocycles. The molecule has 0 amide bonds. The summed E-state index contributed by atoms with van der Waals surface area (Å²) < 4.78 is 0.891. The molecule has 0 spiro atoms. The summed E-state index contributed by atoms with van der Waals surface area (Å²) in [5, 5.41) is 11.9. The summed E-state index contributed by atoms with van der Waals surface area (Å²) in [4.78, 5) is 0. The highest BCUT2D eigenvalue weighted by Crippen LogP contribution is 2.07. The van der Waals surface area contributed by atoms with Crippen LogP contribution < -0.4 is 0 Å². The number of hydrogen-bond donors (Lipinski definition) is 0. The molecule has 2 aromatic carbocycles. The Morgan fingerprint density at radius 3 is 1.94 bits per heavy atom. The average Bonchev–Trinajstić information content (AvgIpc) is 2.41. The Morgan fingerprint density at radius 1 is 0.889 bits per heavy atom. The van der Waals surface area contributed by atoms with Crippen molar-refractivity contribution in [3.63, 3.8) is 0 Å². The van der Waals surface area contributed by atoms with Gasteiger partial charge >= 0.3 is 0 Å². The van der Waals surface area contributed by atoms with E-state index in [4.69, 9.17) is 0 Å². The van der Waals surface area contributed by atoms with Gasteiger partial charge in [-0.3, -0.25) is 0 Å². The normalized spacial score (nSPS) is 12.5. The van der Waals surface area contributed by atoms with Gasteiger partial charge in [0.05, 0.1) is 0 Å². The van der Waals surface area contributed by atoms with Gasteiger partial charge < -0.3 is 5.21 Å². The van der Waals surface area contributed by atoms with Crippen LogP contribution in [-0.4, -0.2) is 11.0 Å². The molecule has 0 unspecified atom stereocenters. The molecule has 0 saturated carbocycles. The lowest BCUT2D eigenvalue weighted by Gasteiger charge is -2.03. The van der Waals surface area contributed by atoms with Crippen LogP contribution >= 0.6 is 0 Å². The lowest BCUT2D eigenvalue weighted by molar-refractivity contribution is -0.393. The molecule has 18 heavy (non-hydrogen) atoms. The minimum absolute atomic E-state index is 0.657. The Balaban J connectivity index is 2.21. The molecule has 2 heteroatoms. The molecule has 0 aliphatic heterocycles. The molecule has 0 fully saturated rings. The summed E-state index contributed by atoms with van der Waals surface area (Å²) in [7, 11) is 0. The molecule has 0 radical (unpaired) electrons. The average molecular weight is 237 g/mol. The Kier molecular flexibility index (Phi) is 3.92. The molecule has 0 heterocycles. The summed E-state index contributed by atoms with van der Waals surface area (Å²) in [6, 6.07) is 19.4. The second kappa shape index (κ2) is 5.82. The van der Waals surface area contributed by atoms with Crippen molar-refractivity contribution in [3.05, 3.63) is 82.7 Å². The largest absolute Gasteiger partial charge is 0.618 e. The fraction of sp³-hybridized carbons (Fsp3) is 0.0625. The van der Waals surface area contributed by atoms with E-state index in [0.29, 0.717) is 5.70 Å². The molecule has 0 aliphatic rings. The third-order valence-corrected chi connectivity index (χ3v) is 2.59. The number of allylic oxidation sites excluding steroid dienone is 1. The first-order valence-electron chi connectivity index (χ1n) is 5.85. The van der Waals surface area contributed by atoms with Crippen molar-refractivity contribution in [1.82, 2.24) is 0 Å². The lowest BCUT2D eigenvalue weighted by atomic mass is 10.2. The van der Waals surface area contributed by atoms with Gasteiger partial charge in [0.15, 0.2) is 11.9 Å². The first-order valence-corrected chi connectivity index (χ1v) is 5.85. The third-order valence-electron chi connectivity index (χ3n) is 2.59. The molecule has 0 N–H and O–H groups in total. The summed E-state index contributed by atoms with van der Waals surface area (Å²) >= 11 is 0. The molecular weight excluding hydrogens is 222 g/mol. The minimum atomic E-state index is 0.657. The van der Waals surface area contributed by atoms with Crippen LogP contribution in [0.5, 0.6) is 0 Å². The molecule has 2 nitrogen and oxygen atoms in total. The van der Waals surface area contributed by atoms with Crippen LogP contribution in [-0.2, 0) is 0 Å². The predicted molar refractivity (Wildman–Crippen MR) is 75.3 cm³/mol. The highest BCUT2D eigenvalue weighted by molar-refractivity contribution is 5.76. The SMILES string of the molecule is CC(=C/c1ccccc1)/[N+]([O-])=C/c1ccccc1. The zero-order valence-corrected chi connectivity index (χ0v) is 10.3. The van der Waals surface area contributed by atoms with Crippen LogP contribution in [0.4, 0.5) is 0 Å². The van der Waals surface area contributed by atoms with E-state index >= 15 is 0 Å². The monoisotopic (exact) mass is 237 g/mol. The summed E-state index contributed by atoms with van der Waals surface area (Å²) in [5.41, 5.74) is 2.58. The van der Waals surface area contributed by atoms with E-state index in [1.807, 2.05) is 66.7 Å². The van der Waals surface area contributed by atoms with E-state index in [1.54, 1.807) is 13.1 Å². The van der Waals surface area contributed by atoms with E-state index in [-0.39, 0.29) is 0 Å². The highest BCUT2D eigenvalue weighted by Gasteiger charge is 1.99. The van der Waals surface area contributed by atoms with Crippen molar-refractivity contribution in [2.75, 3.05) is 0 Å². The fourth-order valence-corrected chi connectivity index (χ4v) is 1.63. The molecule has 2 aromatic rings. The van der Waals surface area contributed by atoms with Crippen molar-refractivity contribution in [1.29, 1.82) is 0 Å². The Hall–Kier alpha value is -2.35. The molecule has 0 bridgehead atoms. The topological polar surface area (TPSA) is 26.1 Å². The first kappa shape index (κ1) is 12.1. The summed E-state index contributed by atoms with van der Waals surface area (Å²) in [5.74, 6) is 0. The van der Waals surface area contributed by atoms with Crippen molar-refractivity contribution >= 4 is 12.3 Å². The van der Waals surface area contributed by atoms with Gasteiger partial charge in [-0.05, 0) is 17.7 Å². The second-order valence-electron chi connectivity index (χ2n) is 4.06. The number of benzene rings is 2.